The van der Waals surface area contributed by atoms with E-state index in [2.05, 4.69) is 20.8 Å². The number of nitrogens with one attached hydrogen (secondary N) is 2. The number of amides is 1. The number of hydrogen-bond acceptors (Lipinski definition) is 4. The molecule has 5 nitrogen and oxygen atoms in total. The Morgan fingerprint density at radius 3 is 2.65 bits per heavy atom. The van der Waals surface area contributed by atoms with E-state index in [1.165, 1.54) is 0 Å². The molecule has 2 rings (SSSR count). The van der Waals surface area contributed by atoms with Gasteiger partial charge in [0.05, 0.1) is 5.69 Å². The Morgan fingerprint density at radius 1 is 1.10 bits per heavy atom. The first kappa shape index (κ1) is 14.0. The SMILES string of the molecule is Cc1cccc(C(=O)NCCNc2ccc(C)nn2)c1. The van der Waals surface area contributed by atoms with E-state index in [-0.39, 0.29) is 5.91 Å². The molecule has 0 unspecified atom stereocenters. The molecule has 2 aromatic rings. The molecule has 1 aromatic heterocycles. The summed E-state index contributed by atoms with van der Waals surface area (Å²) in [5.41, 5.74) is 2.63. The van der Waals surface area contributed by atoms with E-state index in [1.807, 2.05) is 44.2 Å². The Bertz CT molecular complexity index is 581. The highest BCUT2D eigenvalue weighted by molar-refractivity contribution is 5.94. The number of nitrogens with zero attached hydrogens (tertiary/aromatic N) is 2. The predicted octanol–water partition coefficient (Wildman–Crippen LogP) is 1.94. The molecule has 0 radical (unpaired) electrons. The molecule has 0 aliphatic carbocycles. The Balaban J connectivity index is 1.76. The molecular formula is C15H18N4O. The van der Waals surface area contributed by atoms with Crippen molar-refractivity contribution in [2.45, 2.75) is 13.8 Å². The van der Waals surface area contributed by atoms with Crippen molar-refractivity contribution in [3.63, 3.8) is 0 Å². The van der Waals surface area contributed by atoms with Gasteiger partial charge in [-0.2, -0.15) is 5.10 Å². The number of carbonyl (C=O) groups excluding carboxylic acids is 1. The third-order valence-corrected chi connectivity index (χ3v) is 2.79. The van der Waals surface area contributed by atoms with E-state index in [4.69, 9.17) is 0 Å². The summed E-state index contributed by atoms with van der Waals surface area (Å²) in [6.07, 6.45) is 0. The van der Waals surface area contributed by atoms with Crippen LogP contribution in [0.2, 0.25) is 0 Å². The molecule has 0 bridgehead atoms. The van der Waals surface area contributed by atoms with Gasteiger partial charge in [-0.15, -0.1) is 5.10 Å². The van der Waals surface area contributed by atoms with E-state index in [9.17, 15) is 4.79 Å². The van der Waals surface area contributed by atoms with Crippen molar-refractivity contribution in [3.05, 3.63) is 53.2 Å². The molecule has 0 aliphatic heterocycles. The van der Waals surface area contributed by atoms with Crippen LogP contribution in [-0.4, -0.2) is 29.2 Å². The highest BCUT2D eigenvalue weighted by atomic mass is 16.1. The van der Waals surface area contributed by atoms with Gasteiger partial charge in [-0.3, -0.25) is 4.79 Å². The molecule has 5 heteroatoms. The molecule has 2 N–H and O–H groups in total. The summed E-state index contributed by atoms with van der Waals surface area (Å²) in [5.74, 6) is 0.644. The fraction of sp³-hybridized carbons (Fsp3) is 0.267. The van der Waals surface area contributed by atoms with Gasteiger partial charge >= 0.3 is 0 Å². The molecule has 0 spiro atoms. The number of anilines is 1. The normalized spacial score (nSPS) is 10.1. The summed E-state index contributed by atoms with van der Waals surface area (Å²) in [6, 6.07) is 11.3. The Labute approximate surface area is 118 Å². The fourth-order valence-corrected chi connectivity index (χ4v) is 1.75. The maximum Gasteiger partial charge on any atom is 0.251 e. The molecule has 20 heavy (non-hydrogen) atoms. The van der Waals surface area contributed by atoms with E-state index in [1.54, 1.807) is 6.07 Å². The fourth-order valence-electron chi connectivity index (χ4n) is 1.75. The molecule has 0 aliphatic rings. The number of aryl methyl sites for hydroxylation is 2. The lowest BCUT2D eigenvalue weighted by atomic mass is 10.1. The number of hydrogen-bond donors (Lipinski definition) is 2. The summed E-state index contributed by atoms with van der Waals surface area (Å²) in [7, 11) is 0. The van der Waals surface area contributed by atoms with Gasteiger partial charge < -0.3 is 10.6 Å². The van der Waals surface area contributed by atoms with Crippen LogP contribution in [0.25, 0.3) is 0 Å². The predicted molar refractivity (Wildman–Crippen MR) is 78.8 cm³/mol. The van der Waals surface area contributed by atoms with Crippen LogP contribution in [0.4, 0.5) is 5.82 Å². The van der Waals surface area contributed by atoms with Crippen molar-refractivity contribution in [1.82, 2.24) is 15.5 Å². The minimum Gasteiger partial charge on any atom is -0.367 e. The summed E-state index contributed by atoms with van der Waals surface area (Å²) >= 11 is 0. The Kier molecular flexibility index (Phi) is 4.65. The zero-order valence-corrected chi connectivity index (χ0v) is 11.7. The van der Waals surface area contributed by atoms with Gasteiger partial charge in [0.25, 0.3) is 5.91 Å². The Hall–Kier alpha value is -2.43. The first-order chi connectivity index (χ1) is 9.65. The van der Waals surface area contributed by atoms with Gasteiger partial charge in [-0.05, 0) is 38.1 Å². The topological polar surface area (TPSA) is 66.9 Å². The van der Waals surface area contributed by atoms with Crippen LogP contribution in [0.15, 0.2) is 36.4 Å². The van der Waals surface area contributed by atoms with Crippen molar-refractivity contribution in [2.75, 3.05) is 18.4 Å². The lowest BCUT2D eigenvalue weighted by molar-refractivity contribution is 0.0955. The number of benzene rings is 1. The maximum atomic E-state index is 11.9. The second kappa shape index (κ2) is 6.65. The summed E-state index contributed by atoms with van der Waals surface area (Å²) < 4.78 is 0. The van der Waals surface area contributed by atoms with Crippen LogP contribution in [0.3, 0.4) is 0 Å². The first-order valence-electron chi connectivity index (χ1n) is 6.54. The molecule has 104 valence electrons. The minimum absolute atomic E-state index is 0.0644. The average molecular weight is 270 g/mol. The molecule has 0 fully saturated rings. The first-order valence-corrected chi connectivity index (χ1v) is 6.54. The van der Waals surface area contributed by atoms with Crippen LogP contribution in [0.1, 0.15) is 21.6 Å². The van der Waals surface area contributed by atoms with Crippen molar-refractivity contribution in [3.8, 4) is 0 Å². The molecule has 1 heterocycles. The van der Waals surface area contributed by atoms with E-state index in [0.29, 0.717) is 24.5 Å². The van der Waals surface area contributed by atoms with Crippen LogP contribution >= 0.6 is 0 Å². The van der Waals surface area contributed by atoms with E-state index < -0.39 is 0 Å². The highest BCUT2D eigenvalue weighted by Gasteiger charge is 2.04. The number of aromatic nitrogens is 2. The van der Waals surface area contributed by atoms with Crippen molar-refractivity contribution in [2.24, 2.45) is 0 Å². The number of carbonyl (C=O) groups is 1. The lowest BCUT2D eigenvalue weighted by Gasteiger charge is -2.07. The monoisotopic (exact) mass is 270 g/mol. The van der Waals surface area contributed by atoms with Gasteiger partial charge in [0.15, 0.2) is 0 Å². The zero-order chi connectivity index (χ0) is 14.4. The average Bonchev–Trinajstić information content (AvgIpc) is 2.45. The largest absolute Gasteiger partial charge is 0.367 e. The van der Waals surface area contributed by atoms with Gasteiger partial charge in [-0.1, -0.05) is 17.7 Å². The quantitative estimate of drug-likeness (QED) is 0.815. The maximum absolute atomic E-state index is 11.9. The lowest BCUT2D eigenvalue weighted by Crippen LogP contribution is -2.28. The molecule has 1 aromatic carbocycles. The molecule has 0 saturated carbocycles. The minimum atomic E-state index is -0.0644. The Morgan fingerprint density at radius 2 is 1.95 bits per heavy atom. The van der Waals surface area contributed by atoms with Gasteiger partial charge in [-0.25, -0.2) is 0 Å². The van der Waals surface area contributed by atoms with Gasteiger partial charge in [0, 0.05) is 18.7 Å². The second-order valence-electron chi connectivity index (χ2n) is 4.61. The molecule has 1 amide bonds. The smallest absolute Gasteiger partial charge is 0.251 e. The molecular weight excluding hydrogens is 252 g/mol. The standard InChI is InChI=1S/C15H18N4O/c1-11-4-3-5-13(10-11)15(20)17-9-8-16-14-7-6-12(2)18-19-14/h3-7,10H,8-9H2,1-2H3,(H,16,19)(H,17,20). The molecule has 0 atom stereocenters. The van der Waals surface area contributed by atoms with Crippen LogP contribution in [0.5, 0.6) is 0 Å². The second-order valence-corrected chi connectivity index (χ2v) is 4.61. The van der Waals surface area contributed by atoms with Gasteiger partial charge in [0.1, 0.15) is 5.82 Å². The van der Waals surface area contributed by atoms with Crippen molar-refractivity contribution in [1.29, 1.82) is 0 Å². The van der Waals surface area contributed by atoms with Crippen LogP contribution < -0.4 is 10.6 Å². The summed E-state index contributed by atoms with van der Waals surface area (Å²) in [6.45, 7) is 4.99. The van der Waals surface area contributed by atoms with Crippen LogP contribution in [0, 0.1) is 13.8 Å². The van der Waals surface area contributed by atoms with Crippen molar-refractivity contribution >= 4 is 11.7 Å². The summed E-state index contributed by atoms with van der Waals surface area (Å²) in [4.78, 5) is 11.9. The van der Waals surface area contributed by atoms with E-state index in [0.717, 1.165) is 11.3 Å². The molecule has 0 saturated heterocycles. The van der Waals surface area contributed by atoms with E-state index >= 15 is 0 Å². The summed E-state index contributed by atoms with van der Waals surface area (Å²) in [5, 5.41) is 13.9. The third kappa shape index (κ3) is 4.05. The number of rotatable bonds is 5. The van der Waals surface area contributed by atoms with Crippen LogP contribution in [-0.2, 0) is 0 Å². The van der Waals surface area contributed by atoms with Crippen molar-refractivity contribution < 1.29 is 4.79 Å². The highest BCUT2D eigenvalue weighted by Crippen LogP contribution is 2.03. The third-order valence-electron chi connectivity index (χ3n) is 2.79. The van der Waals surface area contributed by atoms with Gasteiger partial charge in [0.2, 0.25) is 0 Å². The zero-order valence-electron chi connectivity index (χ0n) is 11.7.